The molecule has 7 nitrogen and oxygen atoms in total. The molecule has 3 aromatic heterocycles. The summed E-state index contributed by atoms with van der Waals surface area (Å²) in [7, 11) is 1.64. The maximum Gasteiger partial charge on any atom is 0.240 e. The lowest BCUT2D eigenvalue weighted by molar-refractivity contribution is -0.122. The first-order valence-corrected chi connectivity index (χ1v) is 10.7. The highest BCUT2D eigenvalue weighted by Crippen LogP contribution is 2.34. The SMILES string of the molecule is COc1ccc2c(c1)c(-c1cc3cccnc3[nH]1)cn2CC(=O)NCC(O)c1ccccc1. The summed E-state index contributed by atoms with van der Waals surface area (Å²) >= 11 is 0. The number of aromatic amines is 1. The second-order valence-electron chi connectivity index (χ2n) is 7.91. The van der Waals surface area contributed by atoms with E-state index >= 15 is 0 Å². The summed E-state index contributed by atoms with van der Waals surface area (Å²) in [5.74, 6) is 0.564. The van der Waals surface area contributed by atoms with Gasteiger partial charge in [0.05, 0.1) is 13.2 Å². The van der Waals surface area contributed by atoms with Gasteiger partial charge in [0, 0.05) is 46.5 Å². The average Bonchev–Trinajstić information content (AvgIpc) is 3.44. The average molecular weight is 441 g/mol. The largest absolute Gasteiger partial charge is 0.497 e. The topological polar surface area (TPSA) is 92.2 Å². The third-order valence-corrected chi connectivity index (χ3v) is 5.76. The summed E-state index contributed by atoms with van der Waals surface area (Å²) in [5.41, 5.74) is 4.37. The van der Waals surface area contributed by atoms with E-state index in [2.05, 4.69) is 21.4 Å². The number of hydrogen-bond acceptors (Lipinski definition) is 4. The van der Waals surface area contributed by atoms with Crippen LogP contribution in [0.25, 0.3) is 33.2 Å². The zero-order valence-electron chi connectivity index (χ0n) is 18.2. The summed E-state index contributed by atoms with van der Waals surface area (Å²) in [6.45, 7) is 0.277. The van der Waals surface area contributed by atoms with E-state index in [4.69, 9.17) is 4.74 Å². The Morgan fingerprint density at radius 1 is 1.15 bits per heavy atom. The van der Waals surface area contributed by atoms with Crippen molar-refractivity contribution in [1.29, 1.82) is 0 Å². The molecule has 0 bridgehead atoms. The van der Waals surface area contributed by atoms with E-state index in [1.807, 2.05) is 71.4 Å². The van der Waals surface area contributed by atoms with Crippen molar-refractivity contribution in [2.45, 2.75) is 12.6 Å². The van der Waals surface area contributed by atoms with Crippen molar-refractivity contribution in [3.05, 3.63) is 84.7 Å². The Labute approximate surface area is 190 Å². The molecule has 2 aromatic carbocycles. The summed E-state index contributed by atoms with van der Waals surface area (Å²) in [6.07, 6.45) is 2.96. The zero-order valence-corrected chi connectivity index (χ0v) is 18.2. The smallest absolute Gasteiger partial charge is 0.240 e. The second-order valence-corrected chi connectivity index (χ2v) is 7.91. The number of ether oxygens (including phenoxy) is 1. The van der Waals surface area contributed by atoms with Crippen molar-refractivity contribution in [2.75, 3.05) is 13.7 Å². The van der Waals surface area contributed by atoms with Crippen LogP contribution in [0, 0.1) is 0 Å². The molecule has 1 unspecified atom stereocenters. The van der Waals surface area contributed by atoms with E-state index in [1.54, 1.807) is 13.3 Å². The first-order valence-electron chi connectivity index (χ1n) is 10.7. The Morgan fingerprint density at radius 3 is 2.79 bits per heavy atom. The van der Waals surface area contributed by atoms with Crippen LogP contribution >= 0.6 is 0 Å². The number of benzene rings is 2. The Morgan fingerprint density at radius 2 is 2.00 bits per heavy atom. The summed E-state index contributed by atoms with van der Waals surface area (Å²) in [5, 5.41) is 15.2. The van der Waals surface area contributed by atoms with Crippen LogP contribution in [0.3, 0.4) is 0 Å². The minimum absolute atomic E-state index is 0.128. The zero-order chi connectivity index (χ0) is 22.8. The summed E-state index contributed by atoms with van der Waals surface area (Å²) in [4.78, 5) is 20.5. The molecule has 1 atom stereocenters. The fourth-order valence-electron chi connectivity index (χ4n) is 4.07. The number of carbonyl (C=O) groups excluding carboxylic acids is 1. The maximum atomic E-state index is 12.7. The Balaban J connectivity index is 1.42. The molecule has 3 N–H and O–H groups in total. The molecule has 5 aromatic rings. The predicted molar refractivity (Wildman–Crippen MR) is 128 cm³/mol. The molecular weight excluding hydrogens is 416 g/mol. The van der Waals surface area contributed by atoms with Crippen molar-refractivity contribution >= 4 is 27.8 Å². The van der Waals surface area contributed by atoms with Crippen LogP contribution in [0.5, 0.6) is 5.75 Å². The van der Waals surface area contributed by atoms with Crippen LogP contribution in [0.4, 0.5) is 0 Å². The van der Waals surface area contributed by atoms with Crippen molar-refractivity contribution in [3.63, 3.8) is 0 Å². The molecule has 0 aliphatic carbocycles. The fourth-order valence-corrected chi connectivity index (χ4v) is 4.07. The number of rotatable bonds is 7. The van der Waals surface area contributed by atoms with E-state index in [0.717, 1.165) is 44.5 Å². The van der Waals surface area contributed by atoms with Gasteiger partial charge in [-0.25, -0.2) is 4.98 Å². The number of nitrogens with zero attached hydrogens (tertiary/aromatic N) is 2. The molecule has 3 heterocycles. The lowest BCUT2D eigenvalue weighted by atomic mass is 10.1. The van der Waals surface area contributed by atoms with Crippen LogP contribution in [-0.4, -0.2) is 39.2 Å². The highest BCUT2D eigenvalue weighted by molar-refractivity contribution is 5.99. The molecule has 1 amide bonds. The summed E-state index contributed by atoms with van der Waals surface area (Å²) < 4.78 is 7.34. The lowest BCUT2D eigenvalue weighted by Crippen LogP contribution is -2.31. The van der Waals surface area contributed by atoms with Crippen LogP contribution in [0.15, 0.2) is 79.1 Å². The number of aliphatic hydroxyl groups excluding tert-OH is 1. The van der Waals surface area contributed by atoms with Gasteiger partial charge in [0.25, 0.3) is 0 Å². The van der Waals surface area contributed by atoms with Crippen molar-refractivity contribution in [2.24, 2.45) is 0 Å². The monoisotopic (exact) mass is 440 g/mol. The molecule has 0 radical (unpaired) electrons. The molecule has 0 aliphatic heterocycles. The van der Waals surface area contributed by atoms with Gasteiger partial charge in [-0.2, -0.15) is 0 Å². The van der Waals surface area contributed by atoms with Crippen molar-refractivity contribution in [3.8, 4) is 17.0 Å². The number of aliphatic hydroxyl groups is 1. The number of H-pyrrole nitrogens is 1. The molecule has 7 heteroatoms. The first kappa shape index (κ1) is 20.8. The Hall–Kier alpha value is -4.10. The van der Waals surface area contributed by atoms with Crippen LogP contribution in [0.2, 0.25) is 0 Å². The van der Waals surface area contributed by atoms with Gasteiger partial charge in [0.15, 0.2) is 0 Å². The summed E-state index contributed by atoms with van der Waals surface area (Å²) in [6, 6.07) is 21.1. The standard InChI is InChI=1S/C26H24N4O3/c1-33-19-9-10-23-20(13-19)21(22-12-18-8-5-11-27-26(18)29-22)15-30(23)16-25(32)28-14-24(31)17-6-3-2-4-7-17/h2-13,15,24,31H,14,16H2,1H3,(H,27,29)(H,28,32). The van der Waals surface area contributed by atoms with E-state index in [9.17, 15) is 9.90 Å². The van der Waals surface area contributed by atoms with Crippen molar-refractivity contribution < 1.29 is 14.6 Å². The Kier molecular flexibility index (Phi) is 5.54. The molecule has 33 heavy (non-hydrogen) atoms. The predicted octanol–water partition coefficient (Wildman–Crippen LogP) is 4.04. The van der Waals surface area contributed by atoms with Gasteiger partial charge in [-0.05, 0) is 42.0 Å². The highest BCUT2D eigenvalue weighted by Gasteiger charge is 2.16. The van der Waals surface area contributed by atoms with E-state index < -0.39 is 6.10 Å². The number of nitrogens with one attached hydrogen (secondary N) is 2. The third-order valence-electron chi connectivity index (χ3n) is 5.76. The third kappa shape index (κ3) is 4.18. The molecule has 0 saturated heterocycles. The van der Waals surface area contributed by atoms with Gasteiger partial charge in [0.2, 0.25) is 5.91 Å². The van der Waals surface area contributed by atoms with Crippen LogP contribution < -0.4 is 10.1 Å². The van der Waals surface area contributed by atoms with E-state index in [-0.39, 0.29) is 19.0 Å². The van der Waals surface area contributed by atoms with Crippen LogP contribution in [0.1, 0.15) is 11.7 Å². The van der Waals surface area contributed by atoms with Gasteiger partial charge in [-0.3, -0.25) is 4.79 Å². The first-order chi connectivity index (χ1) is 16.1. The second kappa shape index (κ2) is 8.80. The minimum atomic E-state index is -0.754. The maximum absolute atomic E-state index is 12.7. The normalized spacial score (nSPS) is 12.2. The molecule has 0 saturated carbocycles. The van der Waals surface area contributed by atoms with Gasteiger partial charge >= 0.3 is 0 Å². The molecule has 5 rings (SSSR count). The van der Waals surface area contributed by atoms with Gasteiger partial charge in [-0.1, -0.05) is 30.3 Å². The minimum Gasteiger partial charge on any atom is -0.497 e. The van der Waals surface area contributed by atoms with E-state index in [0.29, 0.717) is 0 Å². The number of aromatic nitrogens is 3. The molecule has 166 valence electrons. The fraction of sp³-hybridized carbons (Fsp3) is 0.154. The molecule has 0 aliphatic rings. The van der Waals surface area contributed by atoms with Crippen molar-refractivity contribution in [1.82, 2.24) is 19.9 Å². The lowest BCUT2D eigenvalue weighted by Gasteiger charge is -2.13. The molecular formula is C26H24N4O3. The van der Waals surface area contributed by atoms with Crippen LogP contribution in [-0.2, 0) is 11.3 Å². The molecule has 0 spiro atoms. The number of amides is 1. The van der Waals surface area contributed by atoms with Gasteiger partial charge in [-0.15, -0.1) is 0 Å². The van der Waals surface area contributed by atoms with Gasteiger partial charge in [0.1, 0.15) is 17.9 Å². The molecule has 0 fully saturated rings. The number of carbonyl (C=O) groups is 1. The number of methoxy groups -OCH3 is 1. The number of hydrogen-bond donors (Lipinski definition) is 3. The number of pyridine rings is 1. The number of fused-ring (bicyclic) bond motifs is 2. The highest BCUT2D eigenvalue weighted by atomic mass is 16.5. The Bertz CT molecular complexity index is 1390. The van der Waals surface area contributed by atoms with E-state index in [1.165, 1.54) is 0 Å². The van der Waals surface area contributed by atoms with Gasteiger partial charge < -0.3 is 24.7 Å². The quantitative estimate of drug-likeness (QED) is 0.356.